The number of hydrogen-bond acceptors (Lipinski definition) is 4. The van der Waals surface area contributed by atoms with Gasteiger partial charge in [-0.25, -0.2) is 12.7 Å². The molecule has 1 saturated heterocycles. The van der Waals surface area contributed by atoms with E-state index in [1.807, 2.05) is 0 Å². The van der Waals surface area contributed by atoms with E-state index in [0.717, 1.165) is 12.8 Å². The van der Waals surface area contributed by atoms with Crippen LogP contribution in [0, 0.1) is 0 Å². The molecule has 1 heterocycles. The molecule has 96 valence electrons. The Hall–Kier alpha value is -0.170. The molecule has 1 unspecified atom stereocenters. The lowest BCUT2D eigenvalue weighted by atomic mass is 10.1. The fraction of sp³-hybridized carbons (Fsp3) is 1.00. The summed E-state index contributed by atoms with van der Waals surface area (Å²) in [5, 5.41) is 9.57. The first-order chi connectivity index (χ1) is 7.21. The monoisotopic (exact) mass is 251 g/mol. The molecule has 6 heteroatoms. The SMILES string of the molecule is CN(CC(C)(C)O)S(=O)(=O)CC1CCCO1. The van der Waals surface area contributed by atoms with Crippen molar-refractivity contribution in [2.24, 2.45) is 0 Å². The normalized spacial score (nSPS) is 22.9. The van der Waals surface area contributed by atoms with Crippen molar-refractivity contribution >= 4 is 10.0 Å². The van der Waals surface area contributed by atoms with Crippen molar-refractivity contribution in [3.63, 3.8) is 0 Å². The number of nitrogens with zero attached hydrogens (tertiary/aromatic N) is 1. The lowest BCUT2D eigenvalue weighted by Gasteiger charge is -2.25. The molecule has 5 nitrogen and oxygen atoms in total. The predicted octanol–water partition coefficient (Wildman–Crippen LogP) is 0.198. The molecule has 0 bridgehead atoms. The molecule has 1 rings (SSSR count). The standard InChI is InChI=1S/C10H21NO4S/c1-10(2,12)8-11(3)16(13,14)7-9-5-4-6-15-9/h9,12H,4-8H2,1-3H3. The van der Waals surface area contributed by atoms with Crippen molar-refractivity contribution in [2.75, 3.05) is 26.0 Å². The first-order valence-corrected chi connectivity index (χ1v) is 7.10. The van der Waals surface area contributed by atoms with Gasteiger partial charge in [0.05, 0.1) is 17.5 Å². The van der Waals surface area contributed by atoms with E-state index in [0.29, 0.717) is 6.61 Å². The zero-order valence-electron chi connectivity index (χ0n) is 10.1. The fourth-order valence-corrected chi connectivity index (χ4v) is 3.28. The van der Waals surface area contributed by atoms with Crippen molar-refractivity contribution in [2.45, 2.75) is 38.4 Å². The summed E-state index contributed by atoms with van der Waals surface area (Å²) >= 11 is 0. The van der Waals surface area contributed by atoms with Gasteiger partial charge in [0, 0.05) is 20.2 Å². The third-order valence-electron chi connectivity index (χ3n) is 2.50. The van der Waals surface area contributed by atoms with E-state index >= 15 is 0 Å². The number of aliphatic hydroxyl groups is 1. The molecule has 0 aromatic heterocycles. The zero-order valence-corrected chi connectivity index (χ0v) is 11.0. The topological polar surface area (TPSA) is 66.8 Å². The highest BCUT2D eigenvalue weighted by Gasteiger charge is 2.29. The molecule has 0 radical (unpaired) electrons. The first kappa shape index (κ1) is 13.9. The van der Waals surface area contributed by atoms with E-state index in [1.165, 1.54) is 11.4 Å². The van der Waals surface area contributed by atoms with Gasteiger partial charge in [0.15, 0.2) is 0 Å². The summed E-state index contributed by atoms with van der Waals surface area (Å²) in [4.78, 5) is 0. The molecule has 16 heavy (non-hydrogen) atoms. The minimum atomic E-state index is -3.33. The van der Waals surface area contributed by atoms with Gasteiger partial charge in [-0.05, 0) is 26.7 Å². The van der Waals surface area contributed by atoms with Gasteiger partial charge < -0.3 is 9.84 Å². The molecule has 1 atom stereocenters. The van der Waals surface area contributed by atoms with Gasteiger partial charge in [-0.15, -0.1) is 0 Å². The maximum absolute atomic E-state index is 11.9. The van der Waals surface area contributed by atoms with Gasteiger partial charge in [0.1, 0.15) is 0 Å². The van der Waals surface area contributed by atoms with E-state index in [1.54, 1.807) is 13.8 Å². The van der Waals surface area contributed by atoms with Crippen LogP contribution in [0.15, 0.2) is 0 Å². The molecule has 1 fully saturated rings. The quantitative estimate of drug-likeness (QED) is 0.758. The Labute approximate surface area is 97.4 Å². The van der Waals surface area contributed by atoms with E-state index < -0.39 is 15.6 Å². The number of hydrogen-bond donors (Lipinski definition) is 1. The fourth-order valence-electron chi connectivity index (χ4n) is 1.78. The smallest absolute Gasteiger partial charge is 0.216 e. The van der Waals surface area contributed by atoms with Crippen LogP contribution >= 0.6 is 0 Å². The summed E-state index contributed by atoms with van der Waals surface area (Å²) in [7, 11) is -1.84. The summed E-state index contributed by atoms with van der Waals surface area (Å²) in [5.74, 6) is 0.0135. The summed E-state index contributed by atoms with van der Waals surface area (Å²) in [5.41, 5.74) is -1.02. The third kappa shape index (κ3) is 4.37. The van der Waals surface area contributed by atoms with Crippen LogP contribution in [0.2, 0.25) is 0 Å². The summed E-state index contributed by atoms with van der Waals surface area (Å²) in [6.45, 7) is 3.92. The number of sulfonamides is 1. The minimum absolute atomic E-state index is 0.0135. The first-order valence-electron chi connectivity index (χ1n) is 5.49. The second kappa shape index (κ2) is 5.00. The second-order valence-electron chi connectivity index (χ2n) is 4.98. The van der Waals surface area contributed by atoms with E-state index in [-0.39, 0.29) is 18.4 Å². The molecule has 0 aliphatic carbocycles. The van der Waals surface area contributed by atoms with Crippen molar-refractivity contribution in [3.05, 3.63) is 0 Å². The van der Waals surface area contributed by atoms with E-state index in [2.05, 4.69) is 0 Å². The van der Waals surface area contributed by atoms with Crippen LogP contribution in [0.3, 0.4) is 0 Å². The van der Waals surface area contributed by atoms with Crippen LogP contribution in [0.5, 0.6) is 0 Å². The molecule has 1 aliphatic rings. The maximum Gasteiger partial charge on any atom is 0.216 e. The predicted molar refractivity (Wildman–Crippen MR) is 61.7 cm³/mol. The molecule has 0 saturated carbocycles. The molecule has 1 N–H and O–H groups in total. The number of likely N-dealkylation sites (N-methyl/N-ethyl adjacent to an activating group) is 1. The maximum atomic E-state index is 11.9. The van der Waals surface area contributed by atoms with Crippen LogP contribution < -0.4 is 0 Å². The summed E-state index contributed by atoms with van der Waals surface area (Å²) in [6, 6.07) is 0. The lowest BCUT2D eigenvalue weighted by molar-refractivity contribution is 0.0633. The Morgan fingerprint density at radius 1 is 1.50 bits per heavy atom. The van der Waals surface area contributed by atoms with Crippen LogP contribution in [0.4, 0.5) is 0 Å². The van der Waals surface area contributed by atoms with Gasteiger partial charge in [-0.2, -0.15) is 0 Å². The van der Waals surface area contributed by atoms with Crippen LogP contribution in [-0.2, 0) is 14.8 Å². The Kier molecular flexibility index (Phi) is 4.34. The van der Waals surface area contributed by atoms with Crippen molar-refractivity contribution in [1.29, 1.82) is 0 Å². The lowest BCUT2D eigenvalue weighted by Crippen LogP contribution is -2.42. The zero-order chi connectivity index (χ0) is 12.4. The molecule has 0 aromatic rings. The van der Waals surface area contributed by atoms with Crippen molar-refractivity contribution < 1.29 is 18.3 Å². The molecule has 0 spiro atoms. The highest BCUT2D eigenvalue weighted by molar-refractivity contribution is 7.89. The Morgan fingerprint density at radius 2 is 2.12 bits per heavy atom. The Balaban J connectivity index is 2.55. The van der Waals surface area contributed by atoms with Gasteiger partial charge in [-0.3, -0.25) is 0 Å². The average molecular weight is 251 g/mol. The van der Waals surface area contributed by atoms with E-state index in [9.17, 15) is 13.5 Å². The highest BCUT2D eigenvalue weighted by atomic mass is 32.2. The summed E-state index contributed by atoms with van der Waals surface area (Å²) < 4.78 is 30.3. The van der Waals surface area contributed by atoms with Gasteiger partial charge >= 0.3 is 0 Å². The number of ether oxygens (including phenoxy) is 1. The van der Waals surface area contributed by atoms with Gasteiger partial charge in [-0.1, -0.05) is 0 Å². The molecular weight excluding hydrogens is 230 g/mol. The molecule has 0 aromatic carbocycles. The van der Waals surface area contributed by atoms with Crippen LogP contribution in [-0.4, -0.2) is 55.5 Å². The Bertz CT molecular complexity index is 314. The van der Waals surface area contributed by atoms with Gasteiger partial charge in [0.2, 0.25) is 10.0 Å². The van der Waals surface area contributed by atoms with Crippen LogP contribution in [0.25, 0.3) is 0 Å². The molecular formula is C10H21NO4S. The average Bonchev–Trinajstić information content (AvgIpc) is 2.52. The molecule has 1 aliphatic heterocycles. The Morgan fingerprint density at radius 3 is 2.56 bits per heavy atom. The second-order valence-corrected chi connectivity index (χ2v) is 7.10. The molecule has 0 amide bonds. The summed E-state index contributed by atoms with van der Waals surface area (Å²) in [6.07, 6.45) is 1.54. The van der Waals surface area contributed by atoms with Crippen LogP contribution in [0.1, 0.15) is 26.7 Å². The van der Waals surface area contributed by atoms with Gasteiger partial charge in [0.25, 0.3) is 0 Å². The third-order valence-corrected chi connectivity index (χ3v) is 4.38. The number of rotatable bonds is 5. The largest absolute Gasteiger partial charge is 0.389 e. The van der Waals surface area contributed by atoms with E-state index in [4.69, 9.17) is 4.74 Å². The highest BCUT2D eigenvalue weighted by Crippen LogP contribution is 2.16. The van der Waals surface area contributed by atoms with Crippen molar-refractivity contribution in [3.8, 4) is 0 Å². The minimum Gasteiger partial charge on any atom is -0.389 e. The van der Waals surface area contributed by atoms with Crippen molar-refractivity contribution in [1.82, 2.24) is 4.31 Å².